The van der Waals surface area contributed by atoms with Crippen molar-refractivity contribution in [3.05, 3.63) is 72.6 Å². The molecule has 2 N–H and O–H groups in total. The van der Waals surface area contributed by atoms with E-state index in [2.05, 4.69) is 25.6 Å². The highest BCUT2D eigenvalue weighted by Crippen LogP contribution is 2.34. The Morgan fingerprint density at radius 3 is 2.62 bits per heavy atom. The Bertz CT molecular complexity index is 1000. The number of hydrogen-bond donors (Lipinski definition) is 2. The number of hydrogen-bond acceptors (Lipinski definition) is 6. The summed E-state index contributed by atoms with van der Waals surface area (Å²) in [5, 5.41) is 23.9. The first-order valence-electron chi connectivity index (χ1n) is 7.98. The molecule has 0 bridgehead atoms. The number of nitrogens with one attached hydrogen (secondary N) is 1. The number of phenols is 1. The maximum absolute atomic E-state index is 9.92. The Hall–Kier alpha value is -3.74. The largest absolute Gasteiger partial charge is 0.508 e. The molecule has 0 aliphatic heterocycles. The molecule has 2 aromatic heterocycles. The molecular formula is C19H15N5O2. The number of aromatic hydroxyl groups is 1. The molecule has 0 aliphatic rings. The predicted molar refractivity (Wildman–Crippen MR) is 95.3 cm³/mol. The Morgan fingerprint density at radius 2 is 1.81 bits per heavy atom. The highest BCUT2D eigenvalue weighted by molar-refractivity contribution is 5.74. The summed E-state index contributed by atoms with van der Waals surface area (Å²) in [6.45, 7) is 0.427. The predicted octanol–water partition coefficient (Wildman–Crippen LogP) is 3.21. The van der Waals surface area contributed by atoms with Gasteiger partial charge in [-0.1, -0.05) is 30.3 Å². The van der Waals surface area contributed by atoms with Gasteiger partial charge in [0, 0.05) is 29.1 Å². The lowest BCUT2D eigenvalue weighted by Gasteiger charge is -2.12. The molecule has 0 saturated carbocycles. The van der Waals surface area contributed by atoms with Crippen molar-refractivity contribution in [2.75, 3.05) is 0 Å². The highest BCUT2D eigenvalue weighted by atomic mass is 16.5. The van der Waals surface area contributed by atoms with Crippen LogP contribution < -0.4 is 4.74 Å². The van der Waals surface area contributed by atoms with E-state index < -0.39 is 0 Å². The Labute approximate surface area is 149 Å². The molecule has 4 rings (SSSR count). The third-order valence-corrected chi connectivity index (χ3v) is 3.85. The summed E-state index contributed by atoms with van der Waals surface area (Å²) in [5.74, 6) is 1.25. The second-order valence-electron chi connectivity index (χ2n) is 5.65. The highest BCUT2D eigenvalue weighted by Gasteiger charge is 2.11. The first kappa shape index (κ1) is 15.8. The number of rotatable bonds is 5. The molecule has 0 spiro atoms. The maximum atomic E-state index is 9.92. The zero-order valence-electron chi connectivity index (χ0n) is 13.7. The summed E-state index contributed by atoms with van der Waals surface area (Å²) in [6, 6.07) is 16.8. The normalized spacial score (nSPS) is 10.6. The second-order valence-corrected chi connectivity index (χ2v) is 5.65. The minimum absolute atomic E-state index is 0.150. The fourth-order valence-corrected chi connectivity index (χ4v) is 2.60. The number of pyridine rings is 1. The summed E-state index contributed by atoms with van der Waals surface area (Å²) in [6.07, 6.45) is 3.36. The van der Waals surface area contributed by atoms with E-state index in [-0.39, 0.29) is 5.75 Å². The molecule has 128 valence electrons. The molecule has 0 atom stereocenters. The Balaban J connectivity index is 1.67. The molecule has 0 amide bonds. The van der Waals surface area contributed by atoms with Crippen LogP contribution in [0, 0.1) is 0 Å². The van der Waals surface area contributed by atoms with Gasteiger partial charge in [0.1, 0.15) is 18.1 Å². The van der Waals surface area contributed by atoms with Gasteiger partial charge < -0.3 is 9.84 Å². The molecule has 2 heterocycles. The van der Waals surface area contributed by atoms with E-state index in [1.807, 2.05) is 36.4 Å². The number of phenolic OH excluding ortho intramolecular Hbond substituents is 1. The lowest BCUT2D eigenvalue weighted by molar-refractivity contribution is 0.307. The molecule has 0 unspecified atom stereocenters. The molecular weight excluding hydrogens is 330 g/mol. The van der Waals surface area contributed by atoms with Crippen LogP contribution in [0.3, 0.4) is 0 Å². The fraction of sp³-hybridized carbons (Fsp3) is 0.0526. The van der Waals surface area contributed by atoms with Crippen molar-refractivity contribution in [3.63, 3.8) is 0 Å². The van der Waals surface area contributed by atoms with E-state index in [4.69, 9.17) is 4.74 Å². The van der Waals surface area contributed by atoms with Crippen molar-refractivity contribution < 1.29 is 9.84 Å². The summed E-state index contributed by atoms with van der Waals surface area (Å²) in [5.41, 5.74) is 3.30. The summed E-state index contributed by atoms with van der Waals surface area (Å²) in [4.78, 5) is 4.25. The lowest BCUT2D eigenvalue weighted by atomic mass is 10.0. The van der Waals surface area contributed by atoms with Gasteiger partial charge in [-0.15, -0.1) is 10.2 Å². The van der Waals surface area contributed by atoms with E-state index in [0.29, 0.717) is 23.7 Å². The number of ether oxygens (including phenoxy) is 1. The van der Waals surface area contributed by atoms with Gasteiger partial charge in [-0.05, 0) is 35.0 Å². The van der Waals surface area contributed by atoms with Crippen molar-refractivity contribution >= 4 is 0 Å². The fourth-order valence-electron chi connectivity index (χ4n) is 2.60. The van der Waals surface area contributed by atoms with Gasteiger partial charge in [0.2, 0.25) is 5.82 Å². The molecule has 26 heavy (non-hydrogen) atoms. The Kier molecular flexibility index (Phi) is 4.26. The zero-order valence-corrected chi connectivity index (χ0v) is 13.7. The first-order chi connectivity index (χ1) is 12.8. The van der Waals surface area contributed by atoms with Gasteiger partial charge in [-0.3, -0.25) is 4.98 Å². The van der Waals surface area contributed by atoms with E-state index >= 15 is 0 Å². The zero-order chi connectivity index (χ0) is 17.8. The minimum atomic E-state index is 0.150. The maximum Gasteiger partial charge on any atom is 0.206 e. The molecule has 7 heteroatoms. The monoisotopic (exact) mass is 345 g/mol. The van der Waals surface area contributed by atoms with Crippen molar-refractivity contribution in [2.45, 2.75) is 6.61 Å². The van der Waals surface area contributed by atoms with Gasteiger partial charge in [-0.2, -0.15) is 5.21 Å². The van der Waals surface area contributed by atoms with E-state index in [9.17, 15) is 5.11 Å². The number of benzene rings is 2. The van der Waals surface area contributed by atoms with Crippen molar-refractivity contribution in [1.29, 1.82) is 0 Å². The van der Waals surface area contributed by atoms with Gasteiger partial charge in [-0.25, -0.2) is 0 Å². The van der Waals surface area contributed by atoms with Crippen LogP contribution in [0.15, 0.2) is 67.0 Å². The van der Waals surface area contributed by atoms with Crippen LogP contribution in [0.4, 0.5) is 0 Å². The number of aromatic amines is 1. The van der Waals surface area contributed by atoms with Crippen molar-refractivity contribution in [2.24, 2.45) is 0 Å². The van der Waals surface area contributed by atoms with Crippen LogP contribution in [0.1, 0.15) is 5.56 Å². The van der Waals surface area contributed by atoms with E-state index in [1.165, 1.54) is 0 Å². The van der Waals surface area contributed by atoms with Gasteiger partial charge in [0.25, 0.3) is 0 Å². The molecule has 0 radical (unpaired) electrons. The summed E-state index contributed by atoms with van der Waals surface area (Å²) in [7, 11) is 0. The number of nitrogens with zero attached hydrogens (tertiary/aromatic N) is 4. The lowest BCUT2D eigenvalue weighted by Crippen LogP contribution is -1.97. The van der Waals surface area contributed by atoms with Crippen LogP contribution in [-0.2, 0) is 6.61 Å². The number of aromatic nitrogens is 5. The van der Waals surface area contributed by atoms with Crippen LogP contribution >= 0.6 is 0 Å². The summed E-state index contributed by atoms with van der Waals surface area (Å²) >= 11 is 0. The van der Waals surface area contributed by atoms with E-state index in [0.717, 1.165) is 16.7 Å². The third-order valence-electron chi connectivity index (χ3n) is 3.85. The number of tetrazole rings is 1. The Morgan fingerprint density at radius 1 is 0.962 bits per heavy atom. The van der Waals surface area contributed by atoms with Gasteiger partial charge in [0.15, 0.2) is 0 Å². The topological polar surface area (TPSA) is 96.8 Å². The van der Waals surface area contributed by atoms with Crippen LogP contribution in [0.5, 0.6) is 11.5 Å². The van der Waals surface area contributed by atoms with Gasteiger partial charge in [0.05, 0.1) is 0 Å². The number of H-pyrrole nitrogens is 1. The first-order valence-corrected chi connectivity index (χ1v) is 7.98. The standard InChI is InChI=1S/C19H15N5O2/c25-16-6-7-18(26-12-13-4-2-1-3-5-13)17(9-16)14-8-15(11-20-10-14)19-21-23-24-22-19/h1-11,25H,12H2,(H,21,22,23,24). The van der Waals surface area contributed by atoms with Crippen molar-refractivity contribution in [1.82, 2.24) is 25.6 Å². The molecule has 2 aromatic carbocycles. The summed E-state index contributed by atoms with van der Waals surface area (Å²) < 4.78 is 5.97. The molecule has 0 aliphatic carbocycles. The molecule has 7 nitrogen and oxygen atoms in total. The molecule has 4 aromatic rings. The average molecular weight is 345 g/mol. The van der Waals surface area contributed by atoms with Crippen LogP contribution in [-0.4, -0.2) is 30.7 Å². The SMILES string of the molecule is Oc1ccc(OCc2ccccc2)c(-c2cncc(-c3nn[nH]n3)c2)c1. The quantitative estimate of drug-likeness (QED) is 0.576. The second kappa shape index (κ2) is 7.02. The average Bonchev–Trinajstić information content (AvgIpc) is 3.23. The van der Waals surface area contributed by atoms with Gasteiger partial charge >= 0.3 is 0 Å². The smallest absolute Gasteiger partial charge is 0.206 e. The molecule has 0 fully saturated rings. The van der Waals surface area contributed by atoms with Crippen LogP contribution in [0.2, 0.25) is 0 Å². The minimum Gasteiger partial charge on any atom is -0.508 e. The molecule has 0 saturated heterocycles. The van der Waals surface area contributed by atoms with E-state index in [1.54, 1.807) is 30.6 Å². The van der Waals surface area contributed by atoms with Crippen LogP contribution in [0.25, 0.3) is 22.5 Å². The third kappa shape index (κ3) is 3.36. The van der Waals surface area contributed by atoms with Crippen molar-refractivity contribution in [3.8, 4) is 34.0 Å².